The molecule has 90 valence electrons. The molecule has 17 heavy (non-hydrogen) atoms. The van der Waals surface area contributed by atoms with Crippen molar-refractivity contribution in [2.45, 2.75) is 25.9 Å². The number of hydrogen-bond acceptors (Lipinski definition) is 2. The number of amides is 1. The van der Waals surface area contributed by atoms with E-state index in [0.29, 0.717) is 11.6 Å². The number of rotatable bonds is 4. The molecule has 3 rings (SSSR count). The first kappa shape index (κ1) is 11.1. The van der Waals surface area contributed by atoms with Crippen LogP contribution in [0.3, 0.4) is 0 Å². The molecule has 0 bridgehead atoms. The number of halogens is 1. The van der Waals surface area contributed by atoms with Gasteiger partial charge < -0.3 is 10.6 Å². The molecule has 1 heterocycles. The van der Waals surface area contributed by atoms with Gasteiger partial charge in [0, 0.05) is 29.2 Å². The van der Waals surface area contributed by atoms with E-state index < -0.39 is 0 Å². The Kier molecular flexibility index (Phi) is 2.81. The number of fused-ring (bicyclic) bond motifs is 1. The Labute approximate surface area is 106 Å². The maximum atomic E-state index is 11.6. The van der Waals surface area contributed by atoms with Crippen LogP contribution in [0.4, 0.5) is 0 Å². The zero-order valence-corrected chi connectivity index (χ0v) is 10.3. The highest BCUT2D eigenvalue weighted by atomic mass is 35.5. The molecular weight excluding hydrogens is 236 g/mol. The van der Waals surface area contributed by atoms with Crippen molar-refractivity contribution in [3.05, 3.63) is 33.8 Å². The van der Waals surface area contributed by atoms with Gasteiger partial charge in [0.2, 0.25) is 0 Å². The van der Waals surface area contributed by atoms with Gasteiger partial charge in [0.15, 0.2) is 0 Å². The quantitative estimate of drug-likeness (QED) is 0.859. The fourth-order valence-corrected chi connectivity index (χ4v) is 2.49. The van der Waals surface area contributed by atoms with Gasteiger partial charge in [-0.25, -0.2) is 0 Å². The number of carbonyl (C=O) groups is 1. The Morgan fingerprint density at radius 3 is 3.00 bits per heavy atom. The minimum absolute atomic E-state index is 0.00839. The SMILES string of the molecule is O=C1NCc2c(Cl)cc(CNCC3CC3)cc21. The second kappa shape index (κ2) is 4.31. The fourth-order valence-electron chi connectivity index (χ4n) is 2.18. The molecule has 0 atom stereocenters. The fraction of sp³-hybridized carbons (Fsp3) is 0.462. The largest absolute Gasteiger partial charge is 0.348 e. The molecule has 1 aromatic carbocycles. The van der Waals surface area contributed by atoms with Crippen LogP contribution in [-0.4, -0.2) is 12.5 Å². The van der Waals surface area contributed by atoms with E-state index in [1.54, 1.807) is 0 Å². The van der Waals surface area contributed by atoms with Crippen LogP contribution in [0, 0.1) is 5.92 Å². The summed E-state index contributed by atoms with van der Waals surface area (Å²) in [6.45, 7) is 2.42. The van der Waals surface area contributed by atoms with E-state index in [0.717, 1.165) is 35.7 Å². The molecule has 3 nitrogen and oxygen atoms in total. The van der Waals surface area contributed by atoms with Gasteiger partial charge in [-0.3, -0.25) is 4.79 Å². The summed E-state index contributed by atoms with van der Waals surface area (Å²) in [5.74, 6) is 0.856. The lowest BCUT2D eigenvalue weighted by atomic mass is 10.1. The minimum atomic E-state index is -0.00839. The van der Waals surface area contributed by atoms with E-state index in [1.165, 1.54) is 12.8 Å². The molecule has 0 spiro atoms. The van der Waals surface area contributed by atoms with Crippen LogP contribution in [-0.2, 0) is 13.1 Å². The van der Waals surface area contributed by atoms with E-state index >= 15 is 0 Å². The third-order valence-electron chi connectivity index (χ3n) is 3.38. The topological polar surface area (TPSA) is 41.1 Å². The Balaban J connectivity index is 1.73. The van der Waals surface area contributed by atoms with Crippen LogP contribution >= 0.6 is 11.6 Å². The molecule has 1 aromatic rings. The monoisotopic (exact) mass is 250 g/mol. The lowest BCUT2D eigenvalue weighted by molar-refractivity contribution is 0.0965. The van der Waals surface area contributed by atoms with Crippen LogP contribution in [0.15, 0.2) is 12.1 Å². The van der Waals surface area contributed by atoms with E-state index in [2.05, 4.69) is 10.6 Å². The average Bonchev–Trinajstić information content (AvgIpc) is 3.04. The number of carbonyl (C=O) groups excluding carboxylic acids is 1. The van der Waals surface area contributed by atoms with Crippen LogP contribution in [0.2, 0.25) is 5.02 Å². The molecular formula is C13H15ClN2O. The van der Waals surface area contributed by atoms with Crippen molar-refractivity contribution < 1.29 is 4.79 Å². The summed E-state index contributed by atoms with van der Waals surface area (Å²) < 4.78 is 0. The zero-order valence-electron chi connectivity index (χ0n) is 9.55. The van der Waals surface area contributed by atoms with E-state index in [-0.39, 0.29) is 5.91 Å². The number of nitrogens with one attached hydrogen (secondary N) is 2. The van der Waals surface area contributed by atoms with Crippen LogP contribution in [0.1, 0.15) is 34.3 Å². The second-order valence-corrected chi connectivity index (χ2v) is 5.27. The highest BCUT2D eigenvalue weighted by molar-refractivity contribution is 6.32. The molecule has 0 saturated heterocycles. The lowest BCUT2D eigenvalue weighted by Gasteiger charge is -2.07. The van der Waals surface area contributed by atoms with Gasteiger partial charge in [-0.05, 0) is 43.0 Å². The summed E-state index contributed by atoms with van der Waals surface area (Å²) in [6.07, 6.45) is 2.70. The second-order valence-electron chi connectivity index (χ2n) is 4.86. The van der Waals surface area contributed by atoms with Crippen LogP contribution in [0.5, 0.6) is 0 Å². The third kappa shape index (κ3) is 2.31. The molecule has 4 heteroatoms. The molecule has 0 unspecified atom stereocenters. The van der Waals surface area contributed by atoms with Crippen molar-refractivity contribution >= 4 is 17.5 Å². The highest BCUT2D eigenvalue weighted by Crippen LogP contribution is 2.28. The average molecular weight is 251 g/mol. The molecule has 2 N–H and O–H groups in total. The lowest BCUT2D eigenvalue weighted by Crippen LogP contribution is -2.16. The van der Waals surface area contributed by atoms with Gasteiger partial charge in [-0.2, -0.15) is 0 Å². The van der Waals surface area contributed by atoms with Gasteiger partial charge in [-0.1, -0.05) is 11.6 Å². The van der Waals surface area contributed by atoms with Gasteiger partial charge >= 0.3 is 0 Å². The maximum absolute atomic E-state index is 11.6. The summed E-state index contributed by atoms with van der Waals surface area (Å²) in [7, 11) is 0. The summed E-state index contributed by atoms with van der Waals surface area (Å²) in [5, 5.41) is 6.90. The summed E-state index contributed by atoms with van der Waals surface area (Å²) >= 11 is 6.17. The van der Waals surface area contributed by atoms with Crippen molar-refractivity contribution in [2.75, 3.05) is 6.54 Å². The summed E-state index contributed by atoms with van der Waals surface area (Å²) in [6, 6.07) is 3.91. The van der Waals surface area contributed by atoms with Crippen molar-refractivity contribution in [3.8, 4) is 0 Å². The van der Waals surface area contributed by atoms with Crippen molar-refractivity contribution in [3.63, 3.8) is 0 Å². The predicted molar refractivity (Wildman–Crippen MR) is 67.1 cm³/mol. The smallest absolute Gasteiger partial charge is 0.251 e. The molecule has 0 radical (unpaired) electrons. The summed E-state index contributed by atoms with van der Waals surface area (Å²) in [5.41, 5.74) is 2.76. The molecule has 1 saturated carbocycles. The summed E-state index contributed by atoms with van der Waals surface area (Å²) in [4.78, 5) is 11.6. The van der Waals surface area contributed by atoms with Crippen molar-refractivity contribution in [1.82, 2.24) is 10.6 Å². The number of benzene rings is 1. The Bertz CT molecular complexity index is 469. The molecule has 1 fully saturated rings. The standard InChI is InChI=1S/C13H15ClN2O/c14-12-4-9(6-15-5-8-1-2-8)3-10-11(12)7-16-13(10)17/h3-4,8,15H,1-2,5-7H2,(H,16,17). The number of hydrogen-bond donors (Lipinski definition) is 2. The molecule has 2 aliphatic rings. The van der Waals surface area contributed by atoms with E-state index in [4.69, 9.17) is 11.6 Å². The normalized spacial score (nSPS) is 18.1. The van der Waals surface area contributed by atoms with E-state index in [1.807, 2.05) is 12.1 Å². The Morgan fingerprint density at radius 1 is 1.41 bits per heavy atom. The van der Waals surface area contributed by atoms with Gasteiger partial charge in [0.1, 0.15) is 0 Å². The van der Waals surface area contributed by atoms with E-state index in [9.17, 15) is 4.79 Å². The van der Waals surface area contributed by atoms with Crippen LogP contribution < -0.4 is 10.6 Å². The predicted octanol–water partition coefficient (Wildman–Crippen LogP) is 2.08. The molecule has 1 amide bonds. The zero-order chi connectivity index (χ0) is 11.8. The third-order valence-corrected chi connectivity index (χ3v) is 3.72. The highest BCUT2D eigenvalue weighted by Gasteiger charge is 2.23. The first-order chi connectivity index (χ1) is 8.24. The maximum Gasteiger partial charge on any atom is 0.251 e. The molecule has 1 aliphatic carbocycles. The Hall–Kier alpha value is -1.06. The van der Waals surface area contributed by atoms with Gasteiger partial charge in [0.05, 0.1) is 0 Å². The molecule has 0 aromatic heterocycles. The molecule has 1 aliphatic heterocycles. The first-order valence-corrected chi connectivity index (χ1v) is 6.42. The van der Waals surface area contributed by atoms with Crippen molar-refractivity contribution in [2.24, 2.45) is 5.92 Å². The van der Waals surface area contributed by atoms with Gasteiger partial charge in [0.25, 0.3) is 5.91 Å². The van der Waals surface area contributed by atoms with Crippen molar-refractivity contribution in [1.29, 1.82) is 0 Å². The van der Waals surface area contributed by atoms with Gasteiger partial charge in [-0.15, -0.1) is 0 Å². The minimum Gasteiger partial charge on any atom is -0.348 e. The Morgan fingerprint density at radius 2 is 2.24 bits per heavy atom. The first-order valence-electron chi connectivity index (χ1n) is 6.04. The van der Waals surface area contributed by atoms with Crippen LogP contribution in [0.25, 0.3) is 0 Å².